The molecule has 0 radical (unpaired) electrons. The van der Waals surface area contributed by atoms with Crippen molar-refractivity contribution in [3.8, 4) is 17.2 Å². The number of amides is 1. The molecule has 0 aromatic heterocycles. The van der Waals surface area contributed by atoms with Gasteiger partial charge in [-0.2, -0.15) is 0 Å². The highest BCUT2D eigenvalue weighted by molar-refractivity contribution is 6.14. The highest BCUT2D eigenvalue weighted by atomic mass is 16.6. The van der Waals surface area contributed by atoms with Crippen LogP contribution in [-0.4, -0.2) is 32.1 Å². The first kappa shape index (κ1) is 17.1. The third kappa shape index (κ3) is 3.79. The number of hydrogen-bond donors (Lipinski definition) is 1. The van der Waals surface area contributed by atoms with E-state index in [2.05, 4.69) is 10.3 Å². The van der Waals surface area contributed by atoms with Gasteiger partial charge < -0.3 is 19.5 Å². The van der Waals surface area contributed by atoms with Crippen LogP contribution in [0.15, 0.2) is 53.2 Å². The number of para-hydroxylation sites is 1. The second-order valence-electron chi connectivity index (χ2n) is 6.26. The molecule has 0 bridgehead atoms. The first-order chi connectivity index (χ1) is 13.2. The predicted octanol–water partition coefficient (Wildman–Crippen LogP) is 2.97. The van der Waals surface area contributed by atoms with E-state index in [4.69, 9.17) is 14.2 Å². The van der Waals surface area contributed by atoms with Gasteiger partial charge in [-0.3, -0.25) is 4.79 Å². The molecule has 0 fully saturated rings. The molecular formula is C21H20N2O4. The van der Waals surface area contributed by atoms with E-state index in [0.29, 0.717) is 36.9 Å². The van der Waals surface area contributed by atoms with E-state index >= 15 is 0 Å². The zero-order chi connectivity index (χ0) is 18.6. The number of aliphatic imine (C=N–C) groups is 1. The van der Waals surface area contributed by atoms with E-state index in [1.807, 2.05) is 42.5 Å². The van der Waals surface area contributed by atoms with Crippen molar-refractivity contribution in [3.05, 3.63) is 59.3 Å². The number of benzene rings is 2. The summed E-state index contributed by atoms with van der Waals surface area (Å²) in [5, 5.41) is 2.84. The number of ether oxygens (including phenoxy) is 3. The van der Waals surface area contributed by atoms with Crippen LogP contribution in [0.4, 0.5) is 0 Å². The molecule has 0 unspecified atom stereocenters. The Morgan fingerprint density at radius 3 is 2.78 bits per heavy atom. The lowest BCUT2D eigenvalue weighted by atomic mass is 10.1. The topological polar surface area (TPSA) is 69.1 Å². The molecular weight excluding hydrogens is 344 g/mol. The zero-order valence-corrected chi connectivity index (χ0v) is 15.0. The van der Waals surface area contributed by atoms with Gasteiger partial charge in [0.2, 0.25) is 0 Å². The van der Waals surface area contributed by atoms with Crippen molar-refractivity contribution in [1.82, 2.24) is 5.32 Å². The Labute approximate surface area is 157 Å². The van der Waals surface area contributed by atoms with E-state index < -0.39 is 0 Å². The Bertz CT molecular complexity index is 934. The zero-order valence-electron chi connectivity index (χ0n) is 15.0. The molecule has 2 heterocycles. The fourth-order valence-corrected chi connectivity index (χ4v) is 3.11. The largest absolute Gasteiger partial charge is 0.496 e. The highest BCUT2D eigenvalue weighted by Crippen LogP contribution is 2.31. The summed E-state index contributed by atoms with van der Waals surface area (Å²) in [6.45, 7) is 1.08. The number of nitrogens with zero attached hydrogens (tertiary/aromatic N) is 1. The third-order valence-electron chi connectivity index (χ3n) is 4.44. The number of amidine groups is 1. The molecule has 1 N–H and O–H groups in total. The maximum Gasteiger partial charge on any atom is 0.275 e. The highest BCUT2D eigenvalue weighted by Gasteiger charge is 2.20. The molecule has 0 atom stereocenters. The van der Waals surface area contributed by atoms with Crippen LogP contribution < -0.4 is 19.5 Å². The molecule has 27 heavy (non-hydrogen) atoms. The summed E-state index contributed by atoms with van der Waals surface area (Å²) in [6, 6.07) is 13.4. The molecule has 2 aliphatic heterocycles. The first-order valence-electron chi connectivity index (χ1n) is 8.85. The Morgan fingerprint density at radius 2 is 1.93 bits per heavy atom. The van der Waals surface area contributed by atoms with E-state index in [-0.39, 0.29) is 5.91 Å². The smallest absolute Gasteiger partial charge is 0.275 e. The van der Waals surface area contributed by atoms with Crippen LogP contribution in [0.3, 0.4) is 0 Å². The van der Waals surface area contributed by atoms with Crippen molar-refractivity contribution < 1.29 is 19.0 Å². The molecule has 0 aliphatic carbocycles. The second-order valence-corrected chi connectivity index (χ2v) is 6.26. The molecule has 2 aromatic carbocycles. The number of carbonyl (C=O) groups is 1. The van der Waals surface area contributed by atoms with Gasteiger partial charge in [0.25, 0.3) is 5.91 Å². The van der Waals surface area contributed by atoms with E-state index in [9.17, 15) is 4.79 Å². The van der Waals surface area contributed by atoms with Crippen LogP contribution in [0, 0.1) is 0 Å². The van der Waals surface area contributed by atoms with E-state index in [0.717, 1.165) is 29.0 Å². The summed E-state index contributed by atoms with van der Waals surface area (Å²) in [6.07, 6.45) is 3.12. The van der Waals surface area contributed by atoms with Crippen LogP contribution in [0.2, 0.25) is 0 Å². The molecule has 2 aliphatic rings. The van der Waals surface area contributed by atoms with Gasteiger partial charge in [0, 0.05) is 6.42 Å². The minimum Gasteiger partial charge on any atom is -0.496 e. The normalized spacial score (nSPS) is 16.9. The van der Waals surface area contributed by atoms with Gasteiger partial charge >= 0.3 is 0 Å². The number of fused-ring (bicyclic) bond motifs is 1. The number of rotatable bonds is 5. The quantitative estimate of drug-likeness (QED) is 0.828. The number of aryl methyl sites for hydroxylation is 1. The maximum absolute atomic E-state index is 12.2. The van der Waals surface area contributed by atoms with Crippen molar-refractivity contribution >= 4 is 17.8 Å². The van der Waals surface area contributed by atoms with Crippen molar-refractivity contribution in [2.75, 3.05) is 20.3 Å². The molecule has 138 valence electrons. The Hall–Kier alpha value is -3.28. The molecule has 6 nitrogen and oxygen atoms in total. The second kappa shape index (κ2) is 7.53. The van der Waals surface area contributed by atoms with Gasteiger partial charge in [-0.05, 0) is 41.8 Å². The monoisotopic (exact) mass is 364 g/mol. The average Bonchev–Trinajstić information content (AvgIpc) is 3.05. The van der Waals surface area contributed by atoms with Crippen LogP contribution in [0.25, 0.3) is 6.08 Å². The fraction of sp³-hybridized carbons (Fsp3) is 0.238. The van der Waals surface area contributed by atoms with Gasteiger partial charge in [-0.15, -0.1) is 0 Å². The van der Waals surface area contributed by atoms with Gasteiger partial charge in [-0.25, -0.2) is 4.99 Å². The lowest BCUT2D eigenvalue weighted by Gasteiger charge is -2.18. The van der Waals surface area contributed by atoms with Crippen LogP contribution in [0.5, 0.6) is 17.2 Å². The molecule has 0 saturated heterocycles. The third-order valence-corrected chi connectivity index (χ3v) is 4.44. The summed E-state index contributed by atoms with van der Waals surface area (Å²) in [7, 11) is 1.65. The Morgan fingerprint density at radius 1 is 1.11 bits per heavy atom. The standard InChI is InChI=1S/C21H20N2O4/c1-25-17-5-3-2-4-15(17)7-9-20-22-16(21(24)23-20)12-14-6-8-18-19(13-14)27-11-10-26-18/h2-6,8,12-13H,7,9-11H2,1H3,(H,22,23,24)/b16-12+. The molecule has 1 amide bonds. The number of hydrogen-bond acceptors (Lipinski definition) is 5. The summed E-state index contributed by atoms with van der Waals surface area (Å²) in [5.74, 6) is 2.72. The minimum atomic E-state index is -0.195. The molecule has 2 aromatic rings. The number of carbonyl (C=O) groups excluding carboxylic acids is 1. The summed E-state index contributed by atoms with van der Waals surface area (Å²) >= 11 is 0. The van der Waals surface area contributed by atoms with Crippen molar-refractivity contribution in [3.63, 3.8) is 0 Å². The fourth-order valence-electron chi connectivity index (χ4n) is 3.11. The predicted molar refractivity (Wildman–Crippen MR) is 102 cm³/mol. The molecule has 0 saturated carbocycles. The average molecular weight is 364 g/mol. The van der Waals surface area contributed by atoms with Crippen LogP contribution in [-0.2, 0) is 11.2 Å². The molecule has 0 spiro atoms. The lowest BCUT2D eigenvalue weighted by molar-refractivity contribution is -0.115. The number of nitrogens with one attached hydrogen (secondary N) is 1. The van der Waals surface area contributed by atoms with Crippen molar-refractivity contribution in [2.45, 2.75) is 12.8 Å². The van der Waals surface area contributed by atoms with Gasteiger partial charge in [0.15, 0.2) is 11.5 Å². The Kier molecular flexibility index (Phi) is 4.78. The molecule has 6 heteroatoms. The first-order valence-corrected chi connectivity index (χ1v) is 8.85. The Balaban J connectivity index is 1.48. The van der Waals surface area contributed by atoms with Gasteiger partial charge in [-0.1, -0.05) is 24.3 Å². The summed E-state index contributed by atoms with van der Waals surface area (Å²) in [4.78, 5) is 16.7. The summed E-state index contributed by atoms with van der Waals surface area (Å²) in [5.41, 5.74) is 2.32. The van der Waals surface area contributed by atoms with Crippen molar-refractivity contribution in [2.24, 2.45) is 4.99 Å². The van der Waals surface area contributed by atoms with Gasteiger partial charge in [0.05, 0.1) is 7.11 Å². The van der Waals surface area contributed by atoms with Gasteiger partial charge in [0.1, 0.15) is 30.5 Å². The molecule has 4 rings (SSSR count). The lowest BCUT2D eigenvalue weighted by Crippen LogP contribution is -2.24. The number of methoxy groups -OCH3 is 1. The minimum absolute atomic E-state index is 0.195. The maximum atomic E-state index is 12.2. The van der Waals surface area contributed by atoms with Crippen LogP contribution >= 0.6 is 0 Å². The van der Waals surface area contributed by atoms with E-state index in [1.54, 1.807) is 13.2 Å². The van der Waals surface area contributed by atoms with E-state index in [1.165, 1.54) is 0 Å². The summed E-state index contributed by atoms with van der Waals surface area (Å²) < 4.78 is 16.5. The van der Waals surface area contributed by atoms with Crippen molar-refractivity contribution in [1.29, 1.82) is 0 Å². The van der Waals surface area contributed by atoms with Crippen LogP contribution in [0.1, 0.15) is 17.5 Å². The SMILES string of the molecule is COc1ccccc1CCC1=N/C(=C/c2ccc3c(c2)OCCO3)C(=O)N1.